The van der Waals surface area contributed by atoms with Crippen LogP contribution in [-0.4, -0.2) is 16.1 Å². The van der Waals surface area contributed by atoms with Crippen molar-refractivity contribution in [2.24, 2.45) is 0 Å². The standard InChI is InChI=1S/C17H13N3O3/c21-16-15(10-18-13-8-4-5-9-14(13)19-16)20-17(22)23-11-12-6-2-1-3-7-12/h1-10H,11H2,(H,19,20,21,22). The van der Waals surface area contributed by atoms with E-state index in [0.717, 1.165) is 5.56 Å². The van der Waals surface area contributed by atoms with Crippen molar-refractivity contribution in [2.75, 3.05) is 5.32 Å². The summed E-state index contributed by atoms with van der Waals surface area (Å²) in [6.07, 6.45) is 0.548. The molecule has 3 aromatic rings. The summed E-state index contributed by atoms with van der Waals surface area (Å²) < 4.78 is 5.07. The SMILES string of the molecule is O=C(Nc1cnc2ccccc2nc1=O)OCc1ccccc1. The summed E-state index contributed by atoms with van der Waals surface area (Å²) in [6.45, 7) is 0.114. The second-order valence-electron chi connectivity index (χ2n) is 4.76. The molecule has 1 N–H and O–H groups in total. The lowest BCUT2D eigenvalue weighted by Gasteiger charge is -2.05. The molecule has 0 aliphatic carbocycles. The zero-order valence-electron chi connectivity index (χ0n) is 12.1. The van der Waals surface area contributed by atoms with E-state index in [1.54, 1.807) is 24.3 Å². The van der Waals surface area contributed by atoms with Gasteiger partial charge in [-0.05, 0) is 17.7 Å². The van der Waals surface area contributed by atoms with Crippen LogP contribution in [0.5, 0.6) is 0 Å². The number of anilines is 1. The second-order valence-corrected chi connectivity index (χ2v) is 4.76. The fourth-order valence-corrected chi connectivity index (χ4v) is 1.98. The molecule has 0 spiro atoms. The zero-order valence-corrected chi connectivity index (χ0v) is 12.1. The smallest absolute Gasteiger partial charge is 0.412 e. The summed E-state index contributed by atoms with van der Waals surface area (Å²) in [7, 11) is 0. The van der Waals surface area contributed by atoms with Crippen molar-refractivity contribution in [3.05, 3.63) is 76.7 Å². The van der Waals surface area contributed by atoms with E-state index < -0.39 is 11.7 Å². The van der Waals surface area contributed by atoms with E-state index in [1.807, 2.05) is 30.3 Å². The number of amides is 1. The molecule has 0 saturated heterocycles. The summed E-state index contributed by atoms with van der Waals surface area (Å²) in [5.74, 6) is 0. The molecule has 6 nitrogen and oxygen atoms in total. The van der Waals surface area contributed by atoms with Gasteiger partial charge >= 0.3 is 6.09 Å². The van der Waals surface area contributed by atoms with Crippen LogP contribution in [0.2, 0.25) is 0 Å². The Kier molecular flexibility index (Phi) is 4.24. The molecule has 0 aliphatic heterocycles. The number of hydrogen-bond donors (Lipinski definition) is 1. The van der Waals surface area contributed by atoms with Crippen molar-refractivity contribution in [1.82, 2.24) is 9.97 Å². The molecular weight excluding hydrogens is 294 g/mol. The van der Waals surface area contributed by atoms with Gasteiger partial charge in [-0.25, -0.2) is 9.78 Å². The second kappa shape index (κ2) is 6.65. The van der Waals surface area contributed by atoms with Gasteiger partial charge in [-0.3, -0.25) is 15.1 Å². The van der Waals surface area contributed by atoms with Crippen LogP contribution in [0, 0.1) is 0 Å². The molecule has 0 atom stereocenters. The average molecular weight is 307 g/mol. The minimum absolute atomic E-state index is 0.0285. The minimum Gasteiger partial charge on any atom is -0.444 e. The highest BCUT2D eigenvalue weighted by atomic mass is 16.5. The van der Waals surface area contributed by atoms with Crippen molar-refractivity contribution in [3.63, 3.8) is 0 Å². The van der Waals surface area contributed by atoms with Gasteiger partial charge in [0.25, 0.3) is 5.56 Å². The first kappa shape index (κ1) is 14.6. The van der Waals surface area contributed by atoms with Crippen LogP contribution < -0.4 is 10.9 Å². The third-order valence-electron chi connectivity index (χ3n) is 3.12. The first-order valence-corrected chi connectivity index (χ1v) is 6.96. The van der Waals surface area contributed by atoms with Gasteiger partial charge in [-0.1, -0.05) is 42.5 Å². The summed E-state index contributed by atoms with van der Waals surface area (Å²) in [4.78, 5) is 31.9. The maximum absolute atomic E-state index is 12.0. The van der Waals surface area contributed by atoms with Gasteiger partial charge in [0, 0.05) is 0 Å². The number of nitrogens with one attached hydrogen (secondary N) is 1. The van der Waals surface area contributed by atoms with Gasteiger partial charge in [0.1, 0.15) is 12.3 Å². The molecule has 0 saturated carbocycles. The summed E-state index contributed by atoms with van der Waals surface area (Å²) in [5, 5.41) is 2.38. The molecule has 0 bridgehead atoms. The van der Waals surface area contributed by atoms with Crippen LogP contribution in [0.4, 0.5) is 10.5 Å². The molecule has 3 rings (SSSR count). The fraction of sp³-hybridized carbons (Fsp3) is 0.0588. The third kappa shape index (κ3) is 3.68. The third-order valence-corrected chi connectivity index (χ3v) is 3.12. The number of fused-ring (bicyclic) bond motifs is 1. The quantitative estimate of drug-likeness (QED) is 0.804. The largest absolute Gasteiger partial charge is 0.444 e. The van der Waals surface area contributed by atoms with E-state index >= 15 is 0 Å². The van der Waals surface area contributed by atoms with Crippen LogP contribution >= 0.6 is 0 Å². The summed E-state index contributed by atoms with van der Waals surface area (Å²) >= 11 is 0. The van der Waals surface area contributed by atoms with Crippen molar-refractivity contribution in [1.29, 1.82) is 0 Å². The minimum atomic E-state index is -0.732. The molecule has 1 heterocycles. The number of benzene rings is 2. The van der Waals surface area contributed by atoms with Gasteiger partial charge in [-0.2, -0.15) is 0 Å². The Bertz CT molecular complexity index is 898. The van der Waals surface area contributed by atoms with Crippen LogP contribution in [0.25, 0.3) is 11.0 Å². The number of nitrogens with zero attached hydrogens (tertiary/aromatic N) is 2. The molecular formula is C17H13N3O3. The van der Waals surface area contributed by atoms with Crippen molar-refractivity contribution >= 4 is 22.8 Å². The molecule has 114 valence electrons. The Labute approximate surface area is 131 Å². The molecule has 1 amide bonds. The van der Waals surface area contributed by atoms with Crippen LogP contribution in [0.15, 0.2) is 65.6 Å². The van der Waals surface area contributed by atoms with Crippen LogP contribution in [0.1, 0.15) is 5.56 Å². The predicted octanol–water partition coefficient (Wildman–Crippen LogP) is 2.74. The number of hydrogen-bond acceptors (Lipinski definition) is 5. The van der Waals surface area contributed by atoms with Gasteiger partial charge in [0.05, 0.1) is 17.2 Å². The molecule has 0 fully saturated rings. The van der Waals surface area contributed by atoms with Gasteiger partial charge in [0.15, 0.2) is 0 Å². The monoisotopic (exact) mass is 307 g/mol. The maximum atomic E-state index is 12.0. The topological polar surface area (TPSA) is 81.2 Å². The molecule has 1 aromatic heterocycles. The van der Waals surface area contributed by atoms with Crippen molar-refractivity contribution in [3.8, 4) is 0 Å². The number of rotatable bonds is 3. The van der Waals surface area contributed by atoms with Gasteiger partial charge in [0.2, 0.25) is 0 Å². The summed E-state index contributed by atoms with van der Waals surface area (Å²) in [6, 6.07) is 16.2. The average Bonchev–Trinajstić information content (AvgIpc) is 2.73. The Morgan fingerprint density at radius 2 is 1.70 bits per heavy atom. The first-order valence-electron chi connectivity index (χ1n) is 6.96. The fourth-order valence-electron chi connectivity index (χ4n) is 1.98. The number of para-hydroxylation sites is 2. The van der Waals surface area contributed by atoms with Gasteiger partial charge in [-0.15, -0.1) is 0 Å². The Morgan fingerprint density at radius 1 is 1.00 bits per heavy atom. The maximum Gasteiger partial charge on any atom is 0.412 e. The number of carbonyl (C=O) groups excluding carboxylic acids is 1. The number of carbonyl (C=O) groups is 1. The Balaban J connectivity index is 1.74. The molecule has 0 aliphatic rings. The highest BCUT2D eigenvalue weighted by molar-refractivity contribution is 5.84. The summed E-state index contributed by atoms with van der Waals surface area (Å²) in [5.41, 5.74) is 1.28. The van der Waals surface area contributed by atoms with Crippen LogP contribution in [-0.2, 0) is 11.3 Å². The van der Waals surface area contributed by atoms with E-state index in [0.29, 0.717) is 11.0 Å². The molecule has 6 heteroatoms. The Morgan fingerprint density at radius 3 is 2.48 bits per heavy atom. The lowest BCUT2D eigenvalue weighted by molar-refractivity contribution is 0.155. The van der Waals surface area contributed by atoms with E-state index in [-0.39, 0.29) is 12.3 Å². The lowest BCUT2D eigenvalue weighted by atomic mass is 10.2. The number of aromatic nitrogens is 2. The normalized spacial score (nSPS) is 10.3. The van der Waals surface area contributed by atoms with E-state index in [4.69, 9.17) is 4.74 Å². The first-order chi connectivity index (χ1) is 11.2. The molecule has 0 unspecified atom stereocenters. The number of ether oxygens (including phenoxy) is 1. The van der Waals surface area contributed by atoms with Gasteiger partial charge < -0.3 is 4.74 Å². The zero-order chi connectivity index (χ0) is 16.1. The molecule has 0 radical (unpaired) electrons. The highest BCUT2D eigenvalue weighted by Crippen LogP contribution is 2.07. The van der Waals surface area contributed by atoms with E-state index in [9.17, 15) is 9.59 Å². The Hall–Kier alpha value is -3.28. The van der Waals surface area contributed by atoms with Crippen LogP contribution in [0.3, 0.4) is 0 Å². The predicted molar refractivity (Wildman–Crippen MR) is 86.1 cm³/mol. The molecule has 23 heavy (non-hydrogen) atoms. The van der Waals surface area contributed by atoms with E-state index in [2.05, 4.69) is 15.3 Å². The lowest BCUT2D eigenvalue weighted by Crippen LogP contribution is -2.19. The highest BCUT2D eigenvalue weighted by Gasteiger charge is 2.08. The molecule has 2 aromatic carbocycles. The van der Waals surface area contributed by atoms with Crippen molar-refractivity contribution in [2.45, 2.75) is 6.61 Å². The van der Waals surface area contributed by atoms with E-state index in [1.165, 1.54) is 6.20 Å². The van der Waals surface area contributed by atoms with Crippen molar-refractivity contribution < 1.29 is 9.53 Å².